The molecule has 4 rings (SSSR count). The van der Waals surface area contributed by atoms with Gasteiger partial charge < -0.3 is 9.64 Å². The fraction of sp³-hybridized carbons (Fsp3) is 0.310. The van der Waals surface area contributed by atoms with Crippen LogP contribution in [0.15, 0.2) is 84.9 Å². The van der Waals surface area contributed by atoms with Gasteiger partial charge in [-0.2, -0.15) is 0 Å². The number of nitrogens with zero attached hydrogens (tertiary/aromatic N) is 2. The van der Waals surface area contributed by atoms with E-state index >= 15 is 0 Å². The molecule has 1 fully saturated rings. The van der Waals surface area contributed by atoms with Crippen molar-refractivity contribution in [2.24, 2.45) is 0 Å². The first-order chi connectivity index (χ1) is 16.5. The molecule has 1 saturated heterocycles. The van der Waals surface area contributed by atoms with Gasteiger partial charge in [0, 0.05) is 36.3 Å². The number of carbonyl (C=O) groups excluding carboxylic acids is 2. The van der Waals surface area contributed by atoms with Gasteiger partial charge in [0.15, 0.2) is 11.6 Å². The first kappa shape index (κ1) is 23.9. The quantitative estimate of drug-likeness (QED) is 0.443. The normalized spacial score (nSPS) is 15.7. The Morgan fingerprint density at radius 3 is 2.00 bits per heavy atom. The van der Waals surface area contributed by atoms with E-state index in [1.165, 1.54) is 0 Å². The molecule has 0 aliphatic carbocycles. The standard InChI is InChI=1S/C29H32N2O3/c1-30(2)29(21-23-9-5-3-6-10-23,22-27(32)24-11-7-4-8-12-24)28(33)25-13-15-26(16-14-25)31-17-19-34-20-18-31/h3-16H,17-22H2,1-2H3. The van der Waals surface area contributed by atoms with E-state index in [-0.39, 0.29) is 18.0 Å². The summed E-state index contributed by atoms with van der Waals surface area (Å²) in [7, 11) is 3.78. The molecular formula is C29H32N2O3. The minimum atomic E-state index is -1.01. The Bertz CT molecular complexity index is 1090. The molecule has 0 N–H and O–H groups in total. The fourth-order valence-electron chi connectivity index (χ4n) is 4.58. The van der Waals surface area contributed by atoms with E-state index < -0.39 is 5.54 Å². The zero-order valence-corrected chi connectivity index (χ0v) is 19.9. The second-order valence-electron chi connectivity index (χ2n) is 9.03. The average molecular weight is 457 g/mol. The minimum absolute atomic E-state index is 0.0384. The van der Waals surface area contributed by atoms with E-state index in [1.54, 1.807) is 0 Å². The van der Waals surface area contributed by atoms with Crippen LogP contribution in [0.25, 0.3) is 0 Å². The van der Waals surface area contributed by atoms with E-state index in [2.05, 4.69) is 4.90 Å². The molecule has 1 unspecified atom stereocenters. The highest BCUT2D eigenvalue weighted by atomic mass is 16.5. The van der Waals surface area contributed by atoms with E-state index in [4.69, 9.17) is 4.74 Å². The smallest absolute Gasteiger partial charge is 0.183 e. The Balaban J connectivity index is 1.68. The number of benzene rings is 3. The summed E-state index contributed by atoms with van der Waals surface area (Å²) in [5, 5.41) is 0. The predicted molar refractivity (Wildman–Crippen MR) is 136 cm³/mol. The SMILES string of the molecule is CN(C)C(CC(=O)c1ccccc1)(Cc1ccccc1)C(=O)c1ccc(N2CCOCC2)cc1. The van der Waals surface area contributed by atoms with Gasteiger partial charge in [0.2, 0.25) is 0 Å². The van der Waals surface area contributed by atoms with Crippen LogP contribution in [0.5, 0.6) is 0 Å². The monoisotopic (exact) mass is 456 g/mol. The van der Waals surface area contributed by atoms with Gasteiger partial charge in [0.1, 0.15) is 0 Å². The second kappa shape index (κ2) is 10.8. The van der Waals surface area contributed by atoms with Crippen molar-refractivity contribution in [2.75, 3.05) is 45.3 Å². The highest BCUT2D eigenvalue weighted by Crippen LogP contribution is 2.30. The number of anilines is 1. The van der Waals surface area contributed by atoms with Crippen LogP contribution >= 0.6 is 0 Å². The zero-order valence-electron chi connectivity index (χ0n) is 19.9. The number of carbonyl (C=O) groups is 2. The molecule has 34 heavy (non-hydrogen) atoms. The molecule has 3 aromatic rings. The van der Waals surface area contributed by atoms with Crippen molar-refractivity contribution >= 4 is 17.3 Å². The summed E-state index contributed by atoms with van der Waals surface area (Å²) in [4.78, 5) is 31.7. The molecular weight excluding hydrogens is 424 g/mol. The number of ketones is 2. The van der Waals surface area contributed by atoms with Crippen molar-refractivity contribution < 1.29 is 14.3 Å². The molecule has 1 aliphatic heterocycles. The molecule has 0 radical (unpaired) electrons. The molecule has 0 aromatic heterocycles. The molecule has 1 heterocycles. The lowest BCUT2D eigenvalue weighted by atomic mass is 9.77. The van der Waals surface area contributed by atoms with Crippen molar-refractivity contribution in [1.82, 2.24) is 4.90 Å². The number of hydrogen-bond donors (Lipinski definition) is 0. The summed E-state index contributed by atoms with van der Waals surface area (Å²) in [5.41, 5.74) is 2.34. The van der Waals surface area contributed by atoms with Gasteiger partial charge >= 0.3 is 0 Å². The maximum atomic E-state index is 14.1. The van der Waals surface area contributed by atoms with Crippen LogP contribution in [-0.4, -0.2) is 62.4 Å². The van der Waals surface area contributed by atoms with Crippen molar-refractivity contribution in [2.45, 2.75) is 18.4 Å². The van der Waals surface area contributed by atoms with Gasteiger partial charge in [0.05, 0.1) is 18.8 Å². The Morgan fingerprint density at radius 2 is 1.41 bits per heavy atom. The number of hydrogen-bond acceptors (Lipinski definition) is 5. The third-order valence-corrected chi connectivity index (χ3v) is 6.67. The van der Waals surface area contributed by atoms with Crippen LogP contribution < -0.4 is 4.90 Å². The first-order valence-corrected chi connectivity index (χ1v) is 11.8. The molecule has 5 nitrogen and oxygen atoms in total. The minimum Gasteiger partial charge on any atom is -0.378 e. The van der Waals surface area contributed by atoms with Crippen LogP contribution in [0.2, 0.25) is 0 Å². The second-order valence-corrected chi connectivity index (χ2v) is 9.03. The molecule has 0 bridgehead atoms. The van der Waals surface area contributed by atoms with Gasteiger partial charge in [-0.1, -0.05) is 60.7 Å². The molecule has 1 atom stereocenters. The highest BCUT2D eigenvalue weighted by molar-refractivity contribution is 6.08. The van der Waals surface area contributed by atoms with Crippen LogP contribution in [0.1, 0.15) is 32.7 Å². The number of likely N-dealkylation sites (N-methyl/N-ethyl adjacent to an activating group) is 1. The van der Waals surface area contributed by atoms with E-state index in [0.717, 1.165) is 24.3 Å². The first-order valence-electron chi connectivity index (χ1n) is 11.8. The highest BCUT2D eigenvalue weighted by Gasteiger charge is 2.43. The lowest BCUT2D eigenvalue weighted by Gasteiger charge is -2.38. The van der Waals surface area contributed by atoms with Gasteiger partial charge in [-0.3, -0.25) is 14.5 Å². The van der Waals surface area contributed by atoms with Gasteiger partial charge in [-0.05, 0) is 50.3 Å². The Hall–Kier alpha value is -3.28. The van der Waals surface area contributed by atoms with E-state index in [1.807, 2.05) is 104 Å². The fourth-order valence-corrected chi connectivity index (χ4v) is 4.58. The molecule has 176 valence electrons. The Kier molecular flexibility index (Phi) is 7.56. The van der Waals surface area contributed by atoms with Crippen molar-refractivity contribution in [3.63, 3.8) is 0 Å². The lowest BCUT2D eigenvalue weighted by molar-refractivity contribution is 0.0606. The molecule has 3 aromatic carbocycles. The van der Waals surface area contributed by atoms with Crippen LogP contribution in [-0.2, 0) is 11.2 Å². The molecule has 0 amide bonds. The summed E-state index contributed by atoms with van der Waals surface area (Å²) in [5.74, 6) is -0.0809. The summed E-state index contributed by atoms with van der Waals surface area (Å²) in [6, 6.07) is 26.9. The molecule has 0 spiro atoms. The average Bonchev–Trinajstić information content (AvgIpc) is 2.89. The van der Waals surface area contributed by atoms with Crippen LogP contribution in [0.4, 0.5) is 5.69 Å². The summed E-state index contributed by atoms with van der Waals surface area (Å²) in [6.07, 6.45) is 0.548. The van der Waals surface area contributed by atoms with E-state index in [0.29, 0.717) is 30.8 Å². The number of rotatable bonds is 9. The van der Waals surface area contributed by atoms with Gasteiger partial charge in [0.25, 0.3) is 0 Å². The third-order valence-electron chi connectivity index (χ3n) is 6.67. The Labute approximate surface area is 202 Å². The molecule has 0 saturated carbocycles. The largest absolute Gasteiger partial charge is 0.378 e. The maximum absolute atomic E-state index is 14.1. The number of Topliss-reactive ketones (excluding diaryl/α,β-unsaturated/α-hetero) is 2. The topological polar surface area (TPSA) is 49.9 Å². The number of morpholine rings is 1. The van der Waals surface area contributed by atoms with Gasteiger partial charge in [-0.25, -0.2) is 0 Å². The van der Waals surface area contributed by atoms with E-state index in [9.17, 15) is 9.59 Å². The van der Waals surface area contributed by atoms with Gasteiger partial charge in [-0.15, -0.1) is 0 Å². The molecule has 5 heteroatoms. The van der Waals surface area contributed by atoms with Crippen molar-refractivity contribution in [3.05, 3.63) is 102 Å². The maximum Gasteiger partial charge on any atom is 0.183 e. The van der Waals surface area contributed by atoms with Crippen LogP contribution in [0, 0.1) is 0 Å². The van der Waals surface area contributed by atoms with Crippen LogP contribution in [0.3, 0.4) is 0 Å². The number of ether oxygens (including phenoxy) is 1. The summed E-state index contributed by atoms with van der Waals surface area (Å²) in [6.45, 7) is 3.11. The summed E-state index contributed by atoms with van der Waals surface area (Å²) < 4.78 is 5.45. The predicted octanol–water partition coefficient (Wildman–Crippen LogP) is 4.52. The zero-order chi connectivity index (χ0) is 24.0. The Morgan fingerprint density at radius 1 is 0.824 bits per heavy atom. The third kappa shape index (κ3) is 5.27. The molecule has 1 aliphatic rings. The van der Waals surface area contributed by atoms with Crippen molar-refractivity contribution in [1.29, 1.82) is 0 Å². The lowest BCUT2D eigenvalue weighted by Crippen LogP contribution is -2.54. The summed E-state index contributed by atoms with van der Waals surface area (Å²) >= 11 is 0. The van der Waals surface area contributed by atoms with Crippen molar-refractivity contribution in [3.8, 4) is 0 Å².